The molecule has 0 aliphatic carbocycles. The van der Waals surface area contributed by atoms with Crippen molar-refractivity contribution < 1.29 is 23.6 Å². The van der Waals surface area contributed by atoms with Gasteiger partial charge in [-0.25, -0.2) is 4.57 Å². The first-order valence-electron chi connectivity index (χ1n) is 13.9. The Bertz CT molecular complexity index is 872. The average molecular weight is 500 g/mol. The fourth-order valence-corrected chi connectivity index (χ4v) is 4.21. The number of nitrogens with zero attached hydrogens (tertiary/aromatic N) is 1. The van der Waals surface area contributed by atoms with Crippen LogP contribution in [0, 0.1) is 0 Å². The summed E-state index contributed by atoms with van der Waals surface area (Å²) in [6.45, 7) is 6.48. The molecule has 0 saturated heterocycles. The molecule has 6 nitrogen and oxygen atoms in total. The largest absolute Gasteiger partial charge is 0.493 e. The summed E-state index contributed by atoms with van der Waals surface area (Å²) in [6.07, 6.45) is 15.9. The average Bonchev–Trinajstić information content (AvgIpc) is 2.91. The summed E-state index contributed by atoms with van der Waals surface area (Å²) < 4.78 is 19.2. The lowest BCUT2D eigenvalue weighted by atomic mass is 10.1. The van der Waals surface area contributed by atoms with Gasteiger partial charge in [0, 0.05) is 31.2 Å². The van der Waals surface area contributed by atoms with Crippen molar-refractivity contribution in [2.24, 2.45) is 0 Å². The number of nitrogens with one attached hydrogen (secondary N) is 1. The molecular formula is C30H47N2O4+. The van der Waals surface area contributed by atoms with Crippen molar-refractivity contribution >= 4 is 5.91 Å². The van der Waals surface area contributed by atoms with E-state index in [1.165, 1.54) is 63.5 Å². The van der Waals surface area contributed by atoms with E-state index in [1.54, 1.807) is 13.2 Å². The smallest absolute Gasteiger partial charge is 0.257 e. The standard InChI is InChI=1S/C30H46N2O4/c1-4-6-7-8-9-10-11-12-13-16-23-35-27-18-19-28(29(24-27)34-3)36-25-30(33)31-21-20-26-17-14-15-22-32(26)5-2/h14-15,17-19,22,24H,4-13,16,20-21,23,25H2,1-3H3/p+1. The number of carbonyl (C=O) groups is 1. The first-order chi connectivity index (χ1) is 17.7. The number of methoxy groups -OCH3 is 1. The van der Waals surface area contributed by atoms with Gasteiger partial charge < -0.3 is 19.5 Å². The molecule has 0 spiro atoms. The Labute approximate surface area is 218 Å². The molecule has 0 fully saturated rings. The molecule has 0 saturated carbocycles. The molecule has 200 valence electrons. The monoisotopic (exact) mass is 499 g/mol. The zero-order valence-electron chi connectivity index (χ0n) is 22.7. The number of aromatic nitrogens is 1. The SMILES string of the molecule is CCCCCCCCCCCCOc1ccc(OCC(=O)NCCc2cccc[n+]2CC)c(OC)c1. The third-order valence-corrected chi connectivity index (χ3v) is 6.34. The molecule has 1 aromatic carbocycles. The Kier molecular flexibility index (Phi) is 15.1. The van der Waals surface area contributed by atoms with Crippen molar-refractivity contribution in [2.45, 2.75) is 91.0 Å². The number of unbranched alkanes of at least 4 members (excludes halogenated alkanes) is 9. The summed E-state index contributed by atoms with van der Waals surface area (Å²) in [6, 6.07) is 11.6. The van der Waals surface area contributed by atoms with Crippen molar-refractivity contribution in [3.05, 3.63) is 48.3 Å². The fraction of sp³-hybridized carbons (Fsp3) is 0.600. The Morgan fingerprint density at radius 3 is 2.28 bits per heavy atom. The summed E-state index contributed by atoms with van der Waals surface area (Å²) in [5, 5.41) is 2.92. The van der Waals surface area contributed by atoms with Gasteiger partial charge >= 0.3 is 0 Å². The molecule has 0 atom stereocenters. The van der Waals surface area contributed by atoms with Crippen molar-refractivity contribution in [3.8, 4) is 17.2 Å². The van der Waals surface area contributed by atoms with Crippen LogP contribution >= 0.6 is 0 Å². The van der Waals surface area contributed by atoms with Gasteiger partial charge in [0.25, 0.3) is 5.91 Å². The minimum Gasteiger partial charge on any atom is -0.493 e. The van der Waals surface area contributed by atoms with Gasteiger partial charge in [-0.2, -0.15) is 0 Å². The molecule has 36 heavy (non-hydrogen) atoms. The number of ether oxygens (including phenoxy) is 3. The first-order valence-corrected chi connectivity index (χ1v) is 13.9. The molecule has 1 N–H and O–H groups in total. The number of benzene rings is 1. The van der Waals surface area contributed by atoms with E-state index in [0.717, 1.165) is 25.1 Å². The normalized spacial score (nSPS) is 10.8. The van der Waals surface area contributed by atoms with E-state index in [0.29, 0.717) is 24.7 Å². The molecule has 0 radical (unpaired) electrons. The van der Waals surface area contributed by atoms with Crippen LogP contribution in [0.2, 0.25) is 0 Å². The molecule has 1 amide bonds. The Hall–Kier alpha value is -2.76. The predicted octanol–water partition coefficient (Wildman–Crippen LogP) is 6.04. The van der Waals surface area contributed by atoms with E-state index in [1.807, 2.05) is 24.3 Å². The highest BCUT2D eigenvalue weighted by Gasteiger charge is 2.11. The maximum Gasteiger partial charge on any atom is 0.257 e. The summed E-state index contributed by atoms with van der Waals surface area (Å²) in [5.74, 6) is 1.70. The maximum atomic E-state index is 12.2. The highest BCUT2D eigenvalue weighted by Crippen LogP contribution is 2.31. The van der Waals surface area contributed by atoms with Crippen LogP contribution in [0.25, 0.3) is 0 Å². The van der Waals surface area contributed by atoms with Crippen LogP contribution in [-0.2, 0) is 17.8 Å². The second-order valence-electron chi connectivity index (χ2n) is 9.21. The molecular weight excluding hydrogens is 452 g/mol. The van der Waals surface area contributed by atoms with E-state index in [2.05, 4.69) is 36.0 Å². The van der Waals surface area contributed by atoms with E-state index in [-0.39, 0.29) is 12.5 Å². The number of amides is 1. The minimum absolute atomic E-state index is 0.0578. The molecule has 6 heteroatoms. The van der Waals surface area contributed by atoms with Gasteiger partial charge in [0.2, 0.25) is 0 Å². The van der Waals surface area contributed by atoms with E-state index < -0.39 is 0 Å². The van der Waals surface area contributed by atoms with Crippen LogP contribution in [-0.4, -0.2) is 32.8 Å². The van der Waals surface area contributed by atoms with Gasteiger partial charge in [0.1, 0.15) is 12.3 Å². The number of pyridine rings is 1. The van der Waals surface area contributed by atoms with Gasteiger partial charge in [-0.1, -0.05) is 70.8 Å². The molecule has 2 aromatic rings. The third kappa shape index (κ3) is 11.8. The van der Waals surface area contributed by atoms with Crippen molar-refractivity contribution in [2.75, 3.05) is 26.9 Å². The molecule has 0 bridgehead atoms. The molecule has 0 aliphatic heterocycles. The lowest BCUT2D eigenvalue weighted by molar-refractivity contribution is -0.700. The zero-order chi connectivity index (χ0) is 25.8. The van der Waals surface area contributed by atoms with Gasteiger partial charge in [0.15, 0.2) is 30.0 Å². The van der Waals surface area contributed by atoms with Gasteiger partial charge in [-0.3, -0.25) is 4.79 Å². The number of carbonyl (C=O) groups excluding carboxylic acids is 1. The second kappa shape index (κ2) is 18.5. The van der Waals surface area contributed by atoms with Crippen LogP contribution in [0.1, 0.15) is 83.7 Å². The maximum absolute atomic E-state index is 12.2. The van der Waals surface area contributed by atoms with Crippen LogP contribution < -0.4 is 24.1 Å². The zero-order valence-corrected chi connectivity index (χ0v) is 22.7. The van der Waals surface area contributed by atoms with Crippen molar-refractivity contribution in [1.29, 1.82) is 0 Å². The first kappa shape index (κ1) is 29.5. The van der Waals surface area contributed by atoms with E-state index in [4.69, 9.17) is 14.2 Å². The van der Waals surface area contributed by atoms with Crippen LogP contribution in [0.3, 0.4) is 0 Å². The van der Waals surface area contributed by atoms with E-state index in [9.17, 15) is 4.79 Å². The second-order valence-corrected chi connectivity index (χ2v) is 9.21. The van der Waals surface area contributed by atoms with Crippen molar-refractivity contribution in [3.63, 3.8) is 0 Å². The van der Waals surface area contributed by atoms with Crippen LogP contribution in [0.4, 0.5) is 0 Å². The fourth-order valence-electron chi connectivity index (χ4n) is 4.21. The quantitative estimate of drug-likeness (QED) is 0.178. The van der Waals surface area contributed by atoms with Gasteiger partial charge in [-0.05, 0) is 25.5 Å². The highest BCUT2D eigenvalue weighted by atomic mass is 16.5. The Balaban J connectivity index is 1.62. The highest BCUT2D eigenvalue weighted by molar-refractivity contribution is 5.77. The molecule has 2 rings (SSSR count). The molecule has 1 heterocycles. The van der Waals surface area contributed by atoms with Crippen LogP contribution in [0.15, 0.2) is 42.6 Å². The van der Waals surface area contributed by atoms with Crippen molar-refractivity contribution in [1.82, 2.24) is 5.32 Å². The number of hydrogen-bond donors (Lipinski definition) is 1. The lowest BCUT2D eigenvalue weighted by Crippen LogP contribution is -2.39. The Morgan fingerprint density at radius 1 is 0.861 bits per heavy atom. The molecule has 0 unspecified atom stereocenters. The summed E-state index contributed by atoms with van der Waals surface area (Å²) in [5.41, 5.74) is 1.19. The lowest BCUT2D eigenvalue weighted by Gasteiger charge is -2.13. The number of rotatable bonds is 20. The molecule has 1 aromatic heterocycles. The summed E-state index contributed by atoms with van der Waals surface area (Å²) in [7, 11) is 1.59. The van der Waals surface area contributed by atoms with Crippen LogP contribution in [0.5, 0.6) is 17.2 Å². The number of hydrogen-bond acceptors (Lipinski definition) is 4. The minimum atomic E-state index is -0.155. The van der Waals surface area contributed by atoms with E-state index >= 15 is 0 Å². The molecule has 0 aliphatic rings. The summed E-state index contributed by atoms with van der Waals surface area (Å²) in [4.78, 5) is 12.2. The summed E-state index contributed by atoms with van der Waals surface area (Å²) >= 11 is 0. The number of aryl methyl sites for hydroxylation is 1. The van der Waals surface area contributed by atoms with Gasteiger partial charge in [0.05, 0.1) is 13.7 Å². The topological polar surface area (TPSA) is 60.7 Å². The van der Waals surface area contributed by atoms with Gasteiger partial charge in [-0.15, -0.1) is 0 Å². The third-order valence-electron chi connectivity index (χ3n) is 6.34. The predicted molar refractivity (Wildman–Crippen MR) is 145 cm³/mol. The Morgan fingerprint density at radius 2 is 1.58 bits per heavy atom.